The number of nitrogens with one attached hydrogen (secondary N) is 1. The summed E-state index contributed by atoms with van der Waals surface area (Å²) < 4.78 is 1.01. The molecule has 1 aliphatic carbocycles. The molecule has 0 bridgehead atoms. The lowest BCUT2D eigenvalue weighted by molar-refractivity contribution is 0.0950. The molecule has 1 fully saturated rings. The number of amides is 1. The van der Waals surface area contributed by atoms with E-state index in [2.05, 4.69) is 28.2 Å². The minimum Gasteiger partial charge on any atom is -0.352 e. The Morgan fingerprint density at radius 3 is 2.78 bits per heavy atom. The van der Waals surface area contributed by atoms with Crippen molar-refractivity contribution in [3.8, 4) is 0 Å². The molecule has 0 saturated heterocycles. The fourth-order valence-corrected chi connectivity index (χ4v) is 3.68. The largest absolute Gasteiger partial charge is 0.352 e. The average Bonchev–Trinajstić information content (AvgIpc) is 2.78. The van der Waals surface area contributed by atoms with E-state index in [9.17, 15) is 4.79 Å². The van der Waals surface area contributed by atoms with Crippen LogP contribution in [0.5, 0.6) is 0 Å². The molecule has 1 saturated carbocycles. The predicted molar refractivity (Wildman–Crippen MR) is 80.1 cm³/mol. The number of carbonyl (C=O) groups excluding carboxylic acids is 1. The lowest BCUT2D eigenvalue weighted by Gasteiger charge is -2.26. The van der Waals surface area contributed by atoms with Crippen molar-refractivity contribution in [2.45, 2.75) is 39.0 Å². The van der Waals surface area contributed by atoms with E-state index >= 15 is 0 Å². The molecule has 0 spiro atoms. The minimum atomic E-state index is 0.0566. The molecule has 2 nitrogen and oxygen atoms in total. The van der Waals surface area contributed by atoms with Gasteiger partial charge in [-0.3, -0.25) is 4.79 Å². The molecule has 100 valence electrons. The van der Waals surface area contributed by atoms with Crippen LogP contribution in [0.15, 0.2) is 15.2 Å². The fraction of sp³-hybridized carbons (Fsp3) is 0.643. The minimum absolute atomic E-state index is 0.0566. The third-order valence-electron chi connectivity index (χ3n) is 3.80. The predicted octanol–water partition coefficient (Wildman–Crippen LogP) is 4.46. The molecule has 4 heteroatoms. The fourth-order valence-electron chi connectivity index (χ4n) is 2.54. The lowest BCUT2D eigenvalue weighted by atomic mass is 9.81. The average molecular weight is 330 g/mol. The highest BCUT2D eigenvalue weighted by Crippen LogP contribution is 2.30. The number of halogens is 1. The zero-order chi connectivity index (χ0) is 13.0. The summed E-state index contributed by atoms with van der Waals surface area (Å²) in [5.41, 5.74) is 0.768. The van der Waals surface area contributed by atoms with Gasteiger partial charge in [0.15, 0.2) is 0 Å². The van der Waals surface area contributed by atoms with Crippen LogP contribution in [0.3, 0.4) is 0 Å². The Labute approximate surface area is 121 Å². The third-order valence-corrected chi connectivity index (χ3v) is 5.31. The van der Waals surface area contributed by atoms with Gasteiger partial charge in [-0.2, -0.15) is 0 Å². The zero-order valence-corrected chi connectivity index (χ0v) is 13.1. The molecular weight excluding hydrogens is 310 g/mol. The maximum atomic E-state index is 11.8. The number of thiophene rings is 1. The Kier molecular flexibility index (Phi) is 5.25. The second kappa shape index (κ2) is 6.71. The Hall–Kier alpha value is -0.350. The van der Waals surface area contributed by atoms with Gasteiger partial charge in [0.25, 0.3) is 5.91 Å². The molecule has 0 unspecified atom stereocenters. The third kappa shape index (κ3) is 4.09. The summed E-state index contributed by atoms with van der Waals surface area (Å²) in [4.78, 5) is 11.8. The van der Waals surface area contributed by atoms with Crippen molar-refractivity contribution >= 4 is 33.2 Å². The maximum absolute atomic E-state index is 11.8. The molecule has 2 rings (SSSR count). The Balaban J connectivity index is 1.67. The summed E-state index contributed by atoms with van der Waals surface area (Å²) in [7, 11) is 0. The zero-order valence-electron chi connectivity index (χ0n) is 10.7. The molecule has 1 amide bonds. The molecule has 0 radical (unpaired) electrons. The van der Waals surface area contributed by atoms with Gasteiger partial charge < -0.3 is 5.32 Å². The maximum Gasteiger partial charge on any atom is 0.252 e. The first-order valence-electron chi connectivity index (χ1n) is 6.67. The number of carbonyl (C=O) groups is 1. The number of rotatable bonds is 4. The van der Waals surface area contributed by atoms with Crippen LogP contribution in [-0.4, -0.2) is 12.5 Å². The van der Waals surface area contributed by atoms with E-state index in [1.165, 1.54) is 25.7 Å². The topological polar surface area (TPSA) is 29.1 Å². The van der Waals surface area contributed by atoms with E-state index in [-0.39, 0.29) is 5.91 Å². The normalized spacial score (nSPS) is 23.9. The van der Waals surface area contributed by atoms with Crippen molar-refractivity contribution in [1.29, 1.82) is 0 Å². The summed E-state index contributed by atoms with van der Waals surface area (Å²) in [5.74, 6) is 1.77. The first-order valence-corrected chi connectivity index (χ1v) is 8.34. The van der Waals surface area contributed by atoms with Crippen LogP contribution in [0.4, 0.5) is 0 Å². The highest BCUT2D eigenvalue weighted by atomic mass is 79.9. The smallest absolute Gasteiger partial charge is 0.252 e. The van der Waals surface area contributed by atoms with Crippen LogP contribution in [0.2, 0.25) is 0 Å². The van der Waals surface area contributed by atoms with Crippen molar-refractivity contribution < 1.29 is 4.79 Å². The van der Waals surface area contributed by atoms with Crippen LogP contribution in [-0.2, 0) is 0 Å². The van der Waals surface area contributed by atoms with Gasteiger partial charge in [-0.25, -0.2) is 0 Å². The molecule has 1 heterocycles. The van der Waals surface area contributed by atoms with E-state index in [1.807, 2.05) is 11.4 Å². The first kappa shape index (κ1) is 14.1. The molecule has 0 atom stereocenters. The monoisotopic (exact) mass is 329 g/mol. The summed E-state index contributed by atoms with van der Waals surface area (Å²) in [6, 6.07) is 1.88. The standard InChI is InChI=1S/C14H20BrNOS/c1-10-2-4-11(5-3-10)6-7-16-14(17)12-8-13(15)18-9-12/h8-11H,2-7H2,1H3,(H,16,17). The Bertz CT molecular complexity index is 396. The molecule has 0 aromatic carbocycles. The van der Waals surface area contributed by atoms with Crippen molar-refractivity contribution in [2.75, 3.05) is 6.54 Å². The van der Waals surface area contributed by atoms with Gasteiger partial charge >= 0.3 is 0 Å². The second-order valence-electron chi connectivity index (χ2n) is 5.31. The van der Waals surface area contributed by atoms with Gasteiger partial charge in [-0.15, -0.1) is 11.3 Å². The van der Waals surface area contributed by atoms with Crippen LogP contribution in [0.1, 0.15) is 49.4 Å². The molecule has 1 aromatic heterocycles. The first-order chi connectivity index (χ1) is 8.65. The Morgan fingerprint density at radius 1 is 1.44 bits per heavy atom. The van der Waals surface area contributed by atoms with Gasteiger partial charge in [0, 0.05) is 11.9 Å². The van der Waals surface area contributed by atoms with E-state index < -0.39 is 0 Å². The molecular formula is C14H20BrNOS. The molecule has 1 aliphatic rings. The van der Waals surface area contributed by atoms with E-state index in [1.54, 1.807) is 11.3 Å². The SMILES string of the molecule is CC1CCC(CCNC(=O)c2csc(Br)c2)CC1. The van der Waals surface area contributed by atoms with Crippen molar-refractivity contribution in [1.82, 2.24) is 5.32 Å². The van der Waals surface area contributed by atoms with Crippen molar-refractivity contribution in [3.05, 3.63) is 20.8 Å². The highest BCUT2D eigenvalue weighted by Gasteiger charge is 2.18. The van der Waals surface area contributed by atoms with Crippen molar-refractivity contribution in [3.63, 3.8) is 0 Å². The van der Waals surface area contributed by atoms with Crippen LogP contribution >= 0.6 is 27.3 Å². The van der Waals surface area contributed by atoms with Gasteiger partial charge in [0.05, 0.1) is 9.35 Å². The molecule has 0 aliphatic heterocycles. The van der Waals surface area contributed by atoms with E-state index in [0.717, 1.165) is 34.2 Å². The highest BCUT2D eigenvalue weighted by molar-refractivity contribution is 9.11. The Morgan fingerprint density at radius 2 is 2.17 bits per heavy atom. The van der Waals surface area contributed by atoms with Gasteiger partial charge in [-0.1, -0.05) is 32.6 Å². The van der Waals surface area contributed by atoms with E-state index in [4.69, 9.17) is 0 Å². The van der Waals surface area contributed by atoms with E-state index in [0.29, 0.717) is 0 Å². The van der Waals surface area contributed by atoms with Crippen LogP contribution < -0.4 is 5.32 Å². The van der Waals surface area contributed by atoms with Gasteiger partial charge in [-0.05, 0) is 40.3 Å². The van der Waals surface area contributed by atoms with Crippen molar-refractivity contribution in [2.24, 2.45) is 11.8 Å². The summed E-state index contributed by atoms with van der Waals surface area (Å²) >= 11 is 4.93. The summed E-state index contributed by atoms with van der Waals surface area (Å²) in [6.07, 6.45) is 6.51. The number of hydrogen-bond donors (Lipinski definition) is 1. The lowest BCUT2D eigenvalue weighted by Crippen LogP contribution is -2.26. The van der Waals surface area contributed by atoms with Gasteiger partial charge in [0.1, 0.15) is 0 Å². The second-order valence-corrected chi connectivity index (χ2v) is 7.60. The van der Waals surface area contributed by atoms with Crippen LogP contribution in [0.25, 0.3) is 0 Å². The summed E-state index contributed by atoms with van der Waals surface area (Å²) in [5, 5.41) is 4.91. The molecule has 1 N–H and O–H groups in total. The molecule has 18 heavy (non-hydrogen) atoms. The van der Waals surface area contributed by atoms with Gasteiger partial charge in [0.2, 0.25) is 0 Å². The van der Waals surface area contributed by atoms with Crippen LogP contribution in [0, 0.1) is 11.8 Å². The summed E-state index contributed by atoms with van der Waals surface area (Å²) in [6.45, 7) is 3.15. The number of hydrogen-bond acceptors (Lipinski definition) is 2. The molecule has 1 aromatic rings. The quantitative estimate of drug-likeness (QED) is 0.868.